The number of pyridine rings is 2. The van der Waals surface area contributed by atoms with Gasteiger partial charge in [0.15, 0.2) is 0 Å². The van der Waals surface area contributed by atoms with Crippen LogP contribution in [0.3, 0.4) is 0 Å². The van der Waals surface area contributed by atoms with E-state index in [1.54, 1.807) is 12.1 Å². The predicted molar refractivity (Wildman–Crippen MR) is 141 cm³/mol. The minimum Gasteiger partial charge on any atom is -0.477 e. The van der Waals surface area contributed by atoms with E-state index in [2.05, 4.69) is 4.98 Å². The van der Waals surface area contributed by atoms with Gasteiger partial charge in [0.2, 0.25) is 11.3 Å². The Morgan fingerprint density at radius 3 is 2.57 bits per heavy atom. The number of hydrogen-bond donors (Lipinski definition) is 2. The van der Waals surface area contributed by atoms with E-state index in [0.717, 1.165) is 6.54 Å². The van der Waals surface area contributed by atoms with Crippen molar-refractivity contribution in [2.24, 2.45) is 5.41 Å². The summed E-state index contributed by atoms with van der Waals surface area (Å²) in [5.74, 6) is -1.78. The van der Waals surface area contributed by atoms with E-state index in [1.807, 2.05) is 39.8 Å². The number of carboxylic acid groups (broad SMARTS) is 1. The van der Waals surface area contributed by atoms with Gasteiger partial charge in [-0.15, -0.1) is 0 Å². The van der Waals surface area contributed by atoms with Crippen LogP contribution in [0.1, 0.15) is 54.7 Å². The zero-order valence-corrected chi connectivity index (χ0v) is 22.5. The van der Waals surface area contributed by atoms with Gasteiger partial charge in [0, 0.05) is 24.7 Å². The number of rotatable bonds is 10. The van der Waals surface area contributed by atoms with E-state index >= 15 is 0 Å². The van der Waals surface area contributed by atoms with Gasteiger partial charge >= 0.3 is 5.97 Å². The Balaban J connectivity index is 2.28. The number of aromatic carboxylic acids is 1. The molecule has 0 spiro atoms. The highest BCUT2D eigenvalue weighted by Crippen LogP contribution is 2.34. The number of ether oxygens (including phenoxy) is 1. The van der Waals surface area contributed by atoms with Crippen molar-refractivity contribution in [2.75, 3.05) is 33.9 Å². The summed E-state index contributed by atoms with van der Waals surface area (Å²) in [6.07, 6.45) is 1.94. The number of benzene rings is 1. The molecular formula is C27H33ClFN3O5. The van der Waals surface area contributed by atoms with Crippen LogP contribution in [-0.2, 0) is 6.42 Å². The summed E-state index contributed by atoms with van der Waals surface area (Å²) < 4.78 is 22.3. The van der Waals surface area contributed by atoms with Crippen LogP contribution in [0.5, 0.6) is 5.88 Å². The van der Waals surface area contributed by atoms with Gasteiger partial charge in [-0.3, -0.25) is 4.79 Å². The molecule has 1 aromatic carbocycles. The van der Waals surface area contributed by atoms with Gasteiger partial charge in [-0.1, -0.05) is 44.5 Å². The van der Waals surface area contributed by atoms with E-state index in [1.165, 1.54) is 22.9 Å². The topological polar surface area (TPSA) is 105 Å². The second-order valence-electron chi connectivity index (χ2n) is 10.4. The van der Waals surface area contributed by atoms with Crippen LogP contribution >= 0.6 is 11.6 Å². The maximum absolute atomic E-state index is 14.8. The minimum atomic E-state index is -1.39. The summed E-state index contributed by atoms with van der Waals surface area (Å²) in [7, 11) is 3.89. The fraction of sp³-hybridized carbons (Fsp3) is 0.444. The summed E-state index contributed by atoms with van der Waals surface area (Å²) in [4.78, 5) is 31.8. The average molecular weight is 534 g/mol. The number of halogens is 2. The average Bonchev–Trinajstić information content (AvgIpc) is 2.80. The Morgan fingerprint density at radius 1 is 1.27 bits per heavy atom. The highest BCUT2D eigenvalue weighted by atomic mass is 35.5. The second kappa shape index (κ2) is 11.6. The van der Waals surface area contributed by atoms with Crippen LogP contribution in [0.4, 0.5) is 4.39 Å². The number of fused-ring (bicyclic) bond motifs is 1. The van der Waals surface area contributed by atoms with Gasteiger partial charge < -0.3 is 24.4 Å². The minimum absolute atomic E-state index is 0.0256. The zero-order valence-electron chi connectivity index (χ0n) is 21.7. The highest BCUT2D eigenvalue weighted by molar-refractivity contribution is 6.30. The third-order valence-corrected chi connectivity index (χ3v) is 6.48. The molecule has 1 atom stereocenters. The van der Waals surface area contributed by atoms with Crippen molar-refractivity contribution in [1.82, 2.24) is 14.5 Å². The highest BCUT2D eigenvalue weighted by Gasteiger charge is 2.29. The molecule has 0 bridgehead atoms. The summed E-state index contributed by atoms with van der Waals surface area (Å²) in [5, 5.41) is 19.9. The fourth-order valence-corrected chi connectivity index (χ4v) is 4.35. The van der Waals surface area contributed by atoms with Crippen LogP contribution < -0.4 is 10.2 Å². The molecule has 3 rings (SSSR count). The predicted octanol–water partition coefficient (Wildman–Crippen LogP) is 4.39. The smallest absolute Gasteiger partial charge is 0.341 e. The largest absolute Gasteiger partial charge is 0.477 e. The molecule has 8 nitrogen and oxygen atoms in total. The van der Waals surface area contributed by atoms with Gasteiger partial charge in [-0.2, -0.15) is 4.98 Å². The molecule has 2 N–H and O–H groups in total. The van der Waals surface area contributed by atoms with E-state index < -0.39 is 34.2 Å². The molecule has 0 saturated carbocycles. The third kappa shape index (κ3) is 6.47. The molecule has 3 aromatic rings. The Kier molecular flexibility index (Phi) is 8.94. The monoisotopic (exact) mass is 533 g/mol. The first kappa shape index (κ1) is 28.6. The van der Waals surface area contributed by atoms with Gasteiger partial charge in [-0.25, -0.2) is 9.18 Å². The number of carboxylic acids is 1. The molecule has 200 valence electrons. The first-order chi connectivity index (χ1) is 17.3. The number of aliphatic hydroxyl groups is 1. The fourth-order valence-electron chi connectivity index (χ4n) is 4.16. The zero-order chi connectivity index (χ0) is 27.5. The lowest BCUT2D eigenvalue weighted by Crippen LogP contribution is -2.31. The van der Waals surface area contributed by atoms with Gasteiger partial charge in [-0.05, 0) is 43.6 Å². The van der Waals surface area contributed by atoms with Crippen LogP contribution in [0, 0.1) is 11.2 Å². The molecule has 0 saturated heterocycles. The maximum atomic E-state index is 14.8. The van der Waals surface area contributed by atoms with Crippen molar-refractivity contribution in [2.45, 2.75) is 39.7 Å². The number of nitrogens with zero attached hydrogens (tertiary/aromatic N) is 3. The SMILES string of the molecule is CN(C)CCCOc1nc2c(cc1Cc1cccc(Cl)c1F)c(=O)c(C(=O)O)cn2[C@H](CO)C(C)(C)C. The van der Waals surface area contributed by atoms with Crippen LogP contribution in [0.15, 0.2) is 35.3 Å². The second-order valence-corrected chi connectivity index (χ2v) is 10.8. The number of aromatic nitrogens is 2. The number of aliphatic hydroxyl groups excluding tert-OH is 1. The van der Waals surface area contributed by atoms with Crippen molar-refractivity contribution >= 4 is 28.6 Å². The molecule has 0 amide bonds. The lowest BCUT2D eigenvalue weighted by Gasteiger charge is -2.32. The van der Waals surface area contributed by atoms with E-state index in [4.69, 9.17) is 16.3 Å². The molecule has 2 aromatic heterocycles. The van der Waals surface area contributed by atoms with Gasteiger partial charge in [0.05, 0.1) is 29.7 Å². The van der Waals surface area contributed by atoms with Crippen LogP contribution in [0.25, 0.3) is 11.0 Å². The first-order valence-electron chi connectivity index (χ1n) is 12.0. The summed E-state index contributed by atoms with van der Waals surface area (Å²) in [6, 6.07) is 5.56. The lowest BCUT2D eigenvalue weighted by atomic mass is 9.86. The van der Waals surface area contributed by atoms with E-state index in [-0.39, 0.29) is 40.5 Å². The molecule has 0 aliphatic carbocycles. The Labute approximate surface area is 220 Å². The van der Waals surface area contributed by atoms with Crippen molar-refractivity contribution in [3.63, 3.8) is 0 Å². The Bertz CT molecular complexity index is 1350. The molecule has 37 heavy (non-hydrogen) atoms. The Hall–Kier alpha value is -3.01. The molecular weight excluding hydrogens is 501 g/mol. The van der Waals surface area contributed by atoms with Crippen LogP contribution in [-0.4, -0.2) is 64.5 Å². The Morgan fingerprint density at radius 2 is 1.97 bits per heavy atom. The quantitative estimate of drug-likeness (QED) is 0.372. The molecule has 0 unspecified atom stereocenters. The maximum Gasteiger partial charge on any atom is 0.341 e. The molecule has 0 aliphatic heterocycles. The number of hydrogen-bond acceptors (Lipinski definition) is 6. The van der Waals surface area contributed by atoms with Crippen molar-refractivity contribution in [1.29, 1.82) is 0 Å². The van der Waals surface area contributed by atoms with Crippen LogP contribution in [0.2, 0.25) is 5.02 Å². The lowest BCUT2D eigenvalue weighted by molar-refractivity contribution is 0.0692. The van der Waals surface area contributed by atoms with Crippen molar-refractivity contribution in [3.05, 3.63) is 68.2 Å². The molecule has 0 fully saturated rings. The normalized spacial score (nSPS) is 12.8. The summed E-state index contributed by atoms with van der Waals surface area (Å²) in [6.45, 7) is 6.47. The van der Waals surface area contributed by atoms with Gasteiger partial charge in [0.1, 0.15) is 17.0 Å². The molecule has 0 aliphatic rings. The first-order valence-corrected chi connectivity index (χ1v) is 12.4. The van der Waals surface area contributed by atoms with Crippen molar-refractivity contribution < 1.29 is 24.1 Å². The molecule has 2 heterocycles. The van der Waals surface area contributed by atoms with Gasteiger partial charge in [0.25, 0.3) is 0 Å². The van der Waals surface area contributed by atoms with E-state index in [9.17, 15) is 24.2 Å². The molecule has 0 radical (unpaired) electrons. The number of carbonyl (C=O) groups is 1. The van der Waals surface area contributed by atoms with Crippen molar-refractivity contribution in [3.8, 4) is 5.88 Å². The molecule has 10 heteroatoms. The third-order valence-electron chi connectivity index (χ3n) is 6.18. The summed E-state index contributed by atoms with van der Waals surface area (Å²) >= 11 is 5.97. The summed E-state index contributed by atoms with van der Waals surface area (Å²) in [5.41, 5.74) is -0.781. The standard InChI is InChI=1S/C27H33ClFN3O5/c1-27(2,3)21(15-33)32-14-19(26(35)36)23(34)18-13-17(12-16-8-6-9-20(28)22(16)29)25(30-24(18)32)37-11-7-10-31(4)5/h6,8-9,13-14,21,33H,7,10-12,15H2,1-5H3,(H,35,36)/t21-/m1/s1. The van der Waals surface area contributed by atoms with E-state index in [0.29, 0.717) is 18.6 Å².